The normalized spacial score (nSPS) is 10.8. The van der Waals surface area contributed by atoms with Gasteiger partial charge < -0.3 is 9.62 Å². The third-order valence-corrected chi connectivity index (χ3v) is 7.69. The lowest BCUT2D eigenvalue weighted by atomic mass is 10.0. The number of hydrogen-bond donors (Lipinski definition) is 0. The van der Waals surface area contributed by atoms with Crippen molar-refractivity contribution in [3.63, 3.8) is 0 Å². The first-order valence-corrected chi connectivity index (χ1v) is 15.0. The average Bonchev–Trinajstić information content (AvgIpc) is 3.08. The molecule has 222 valence electrons. The predicted molar refractivity (Wildman–Crippen MR) is 179 cm³/mol. The lowest BCUT2D eigenvalue weighted by Crippen LogP contribution is -2.08. The Morgan fingerprint density at radius 2 is 0.867 bits per heavy atom. The molecule has 0 atom stereocenters. The quantitative estimate of drug-likeness (QED) is 0.0689. The summed E-state index contributed by atoms with van der Waals surface area (Å²) in [6, 6.07) is 48.0. The lowest BCUT2D eigenvalue weighted by molar-refractivity contribution is -0.217. The van der Waals surface area contributed by atoms with E-state index in [1.165, 1.54) is 22.3 Å². The predicted octanol–water partition coefficient (Wildman–Crippen LogP) is 9.96. The number of rotatable bonds is 10. The van der Waals surface area contributed by atoms with Crippen molar-refractivity contribution in [1.82, 2.24) is 0 Å². The van der Waals surface area contributed by atoms with Crippen LogP contribution in [0.3, 0.4) is 0 Å². The van der Waals surface area contributed by atoms with Crippen LogP contribution < -0.4 is 9.62 Å². The number of hydrogen-bond acceptors (Lipinski definition) is 4. The summed E-state index contributed by atoms with van der Waals surface area (Å²) in [5, 5.41) is 0. The van der Waals surface area contributed by atoms with Crippen LogP contribution in [0.15, 0.2) is 146 Å². The van der Waals surface area contributed by atoms with E-state index in [4.69, 9.17) is 14.5 Å². The second-order valence-corrected chi connectivity index (χ2v) is 11.2. The molecule has 0 unspecified atom stereocenters. The van der Waals surface area contributed by atoms with E-state index >= 15 is 0 Å². The molecule has 45 heavy (non-hydrogen) atoms. The Balaban J connectivity index is 0.959. The summed E-state index contributed by atoms with van der Waals surface area (Å²) < 4.78 is 5.61. The number of benzene rings is 6. The second kappa shape index (κ2) is 13.9. The highest BCUT2D eigenvalue weighted by molar-refractivity contribution is 5.91. The first-order valence-electron chi connectivity index (χ1n) is 15.0. The van der Waals surface area contributed by atoms with Crippen LogP contribution in [0.5, 0.6) is 11.5 Å². The summed E-state index contributed by atoms with van der Waals surface area (Å²) in [7, 11) is 0. The van der Waals surface area contributed by atoms with Crippen LogP contribution >= 0.6 is 0 Å². The number of esters is 1. The molecule has 0 aromatic heterocycles. The first kappa shape index (κ1) is 29.6. The first-order chi connectivity index (χ1) is 22.0. The molecule has 4 heteroatoms. The van der Waals surface area contributed by atoms with E-state index in [0.29, 0.717) is 23.7 Å². The van der Waals surface area contributed by atoms with Gasteiger partial charge in [0, 0.05) is 0 Å². The Morgan fingerprint density at radius 3 is 1.36 bits per heavy atom. The van der Waals surface area contributed by atoms with Crippen LogP contribution in [0.4, 0.5) is 0 Å². The van der Waals surface area contributed by atoms with E-state index in [9.17, 15) is 4.79 Å². The van der Waals surface area contributed by atoms with Gasteiger partial charge in [0.2, 0.25) is 0 Å². The van der Waals surface area contributed by atoms with Crippen molar-refractivity contribution in [2.75, 3.05) is 0 Å². The number of ether oxygens (including phenoxy) is 1. The van der Waals surface area contributed by atoms with Gasteiger partial charge in [-0.25, -0.2) is 4.79 Å². The number of aryl methyl sites for hydroxylation is 2. The standard InChI is InChI=1S/C41H34O4/c1-29-3-13-34(14-4-29)36-17-7-33(8-18-36)28-43-45-40-25-11-32(12-26-40)27-31-9-23-39(24-10-31)44-41(42)38-21-19-37(20-22-38)35-15-5-30(2)6-16-35/h3-26H,27-28H2,1-2H3. The van der Waals surface area contributed by atoms with Crippen LogP contribution in [0.1, 0.15) is 38.2 Å². The molecule has 6 aromatic rings. The summed E-state index contributed by atoms with van der Waals surface area (Å²) >= 11 is 0. The van der Waals surface area contributed by atoms with E-state index in [1.54, 1.807) is 12.1 Å². The molecule has 0 fully saturated rings. The van der Waals surface area contributed by atoms with E-state index in [2.05, 4.69) is 86.6 Å². The molecule has 6 rings (SSSR count). The van der Waals surface area contributed by atoms with E-state index in [0.717, 1.165) is 34.2 Å². The SMILES string of the molecule is Cc1ccc(-c2ccc(COOc3ccc(Cc4ccc(OC(=O)c5ccc(-c6ccc(C)cc6)cc5)cc4)cc3)cc2)cc1. The smallest absolute Gasteiger partial charge is 0.343 e. The monoisotopic (exact) mass is 590 g/mol. The maximum atomic E-state index is 12.7. The topological polar surface area (TPSA) is 44.8 Å². The lowest BCUT2D eigenvalue weighted by Gasteiger charge is -2.09. The van der Waals surface area contributed by atoms with E-state index in [1.807, 2.05) is 60.7 Å². The molecule has 6 aromatic carbocycles. The fourth-order valence-electron chi connectivity index (χ4n) is 4.99. The van der Waals surface area contributed by atoms with Gasteiger partial charge in [-0.15, -0.1) is 0 Å². The van der Waals surface area contributed by atoms with Crippen molar-refractivity contribution in [1.29, 1.82) is 0 Å². The zero-order chi connectivity index (χ0) is 31.0. The molecule has 0 aliphatic carbocycles. The van der Waals surface area contributed by atoms with Crippen molar-refractivity contribution in [2.45, 2.75) is 26.9 Å². The average molecular weight is 591 g/mol. The fraction of sp³-hybridized carbons (Fsp3) is 0.0976. The Bertz CT molecular complexity index is 1840. The van der Waals surface area contributed by atoms with Gasteiger partial charge in [0.1, 0.15) is 12.4 Å². The van der Waals surface area contributed by atoms with Crippen molar-refractivity contribution in [2.24, 2.45) is 0 Å². The fourth-order valence-corrected chi connectivity index (χ4v) is 4.99. The van der Waals surface area contributed by atoms with Gasteiger partial charge in [-0.1, -0.05) is 120 Å². The van der Waals surface area contributed by atoms with Gasteiger partial charge in [-0.2, -0.15) is 4.89 Å². The van der Waals surface area contributed by atoms with Gasteiger partial charge >= 0.3 is 5.97 Å². The summed E-state index contributed by atoms with van der Waals surface area (Å²) in [5.74, 6) is 0.775. The Morgan fingerprint density at radius 1 is 0.467 bits per heavy atom. The molecule has 0 aliphatic rings. The molecular formula is C41H34O4. The van der Waals surface area contributed by atoms with E-state index < -0.39 is 0 Å². The van der Waals surface area contributed by atoms with Gasteiger partial charge in [0.05, 0.1) is 5.56 Å². The maximum absolute atomic E-state index is 12.7. The minimum Gasteiger partial charge on any atom is -0.423 e. The highest BCUT2D eigenvalue weighted by atomic mass is 17.2. The van der Waals surface area contributed by atoms with Crippen molar-refractivity contribution in [3.05, 3.63) is 179 Å². The van der Waals surface area contributed by atoms with Gasteiger partial charge in [0.25, 0.3) is 0 Å². The Hall–Kier alpha value is -5.45. The third kappa shape index (κ3) is 7.94. The minimum atomic E-state index is -0.379. The Kier molecular flexibility index (Phi) is 9.14. The summed E-state index contributed by atoms with van der Waals surface area (Å²) in [6.07, 6.45) is 0.739. The molecule has 0 amide bonds. The largest absolute Gasteiger partial charge is 0.423 e. The van der Waals surface area contributed by atoms with Crippen LogP contribution in [0, 0.1) is 13.8 Å². The maximum Gasteiger partial charge on any atom is 0.343 e. The summed E-state index contributed by atoms with van der Waals surface area (Å²) in [6.45, 7) is 4.51. The third-order valence-electron chi connectivity index (χ3n) is 7.69. The molecule has 0 saturated heterocycles. The molecule has 0 aliphatic heterocycles. The number of carbonyl (C=O) groups excluding carboxylic acids is 1. The van der Waals surface area contributed by atoms with Crippen molar-refractivity contribution >= 4 is 5.97 Å². The molecule has 0 bridgehead atoms. The van der Waals surface area contributed by atoms with Crippen LogP contribution in [0.2, 0.25) is 0 Å². The van der Waals surface area contributed by atoms with Gasteiger partial charge in [-0.05, 0) is 95.6 Å². The molecule has 0 heterocycles. The zero-order valence-corrected chi connectivity index (χ0v) is 25.4. The highest BCUT2D eigenvalue weighted by Gasteiger charge is 2.10. The van der Waals surface area contributed by atoms with Crippen LogP contribution in [0.25, 0.3) is 22.3 Å². The van der Waals surface area contributed by atoms with Crippen molar-refractivity contribution < 1.29 is 19.3 Å². The Labute approximate surface area is 264 Å². The van der Waals surface area contributed by atoms with Gasteiger partial charge in [0.15, 0.2) is 5.75 Å². The summed E-state index contributed by atoms with van der Waals surface area (Å²) in [4.78, 5) is 23.7. The van der Waals surface area contributed by atoms with Crippen LogP contribution in [-0.2, 0) is 17.9 Å². The molecule has 0 N–H and O–H groups in total. The van der Waals surface area contributed by atoms with Crippen molar-refractivity contribution in [3.8, 4) is 33.8 Å². The second-order valence-electron chi connectivity index (χ2n) is 11.2. The summed E-state index contributed by atoms with van der Waals surface area (Å²) in [5.41, 5.74) is 10.8. The molecule has 0 radical (unpaired) electrons. The van der Waals surface area contributed by atoms with E-state index in [-0.39, 0.29) is 5.97 Å². The molecule has 4 nitrogen and oxygen atoms in total. The molecular weight excluding hydrogens is 556 g/mol. The number of carbonyl (C=O) groups is 1. The molecule has 0 saturated carbocycles. The van der Waals surface area contributed by atoms with Gasteiger partial charge in [-0.3, -0.25) is 0 Å². The highest BCUT2D eigenvalue weighted by Crippen LogP contribution is 2.23. The van der Waals surface area contributed by atoms with Crippen LogP contribution in [-0.4, -0.2) is 5.97 Å². The zero-order valence-electron chi connectivity index (χ0n) is 25.4. The minimum absolute atomic E-state index is 0.353. The molecule has 0 spiro atoms.